The van der Waals surface area contributed by atoms with Gasteiger partial charge >= 0.3 is 0 Å². The Morgan fingerprint density at radius 3 is 3.25 bits per heavy atom. The van der Waals surface area contributed by atoms with Crippen LogP contribution in [0.1, 0.15) is 24.8 Å². The summed E-state index contributed by atoms with van der Waals surface area (Å²) in [5.41, 5.74) is 5.48. The molecule has 1 unspecified atom stereocenters. The van der Waals surface area contributed by atoms with Crippen LogP contribution >= 0.6 is 0 Å². The van der Waals surface area contributed by atoms with E-state index < -0.39 is 0 Å². The third-order valence-corrected chi connectivity index (χ3v) is 4.80. The second kappa shape index (κ2) is 3.72. The van der Waals surface area contributed by atoms with E-state index in [4.69, 9.17) is 4.99 Å². The van der Waals surface area contributed by atoms with Crippen molar-refractivity contribution in [2.24, 2.45) is 10.9 Å². The molecule has 2 heteroatoms. The fourth-order valence-corrected chi connectivity index (χ4v) is 3.95. The summed E-state index contributed by atoms with van der Waals surface area (Å²) in [6.07, 6.45) is 12.9. The zero-order valence-corrected chi connectivity index (χ0v) is 11.3. The third kappa shape index (κ3) is 1.26. The Labute approximate surface area is 118 Å². The smallest absolute Gasteiger partial charge is 0.0729 e. The molecule has 0 N–H and O–H groups in total. The average molecular weight is 260 g/mol. The van der Waals surface area contributed by atoms with Gasteiger partial charge in [0.15, 0.2) is 0 Å². The SMILES string of the molecule is C1=CC2=Cc3cccc4c3=C(C3CCCC=C3N=4)N2C1. The van der Waals surface area contributed by atoms with Gasteiger partial charge in [-0.3, -0.25) is 4.99 Å². The maximum Gasteiger partial charge on any atom is 0.0729 e. The summed E-state index contributed by atoms with van der Waals surface area (Å²) in [7, 11) is 0. The summed E-state index contributed by atoms with van der Waals surface area (Å²) in [6.45, 7) is 1.01. The van der Waals surface area contributed by atoms with Crippen molar-refractivity contribution in [2.45, 2.75) is 19.3 Å². The van der Waals surface area contributed by atoms with Gasteiger partial charge in [-0.1, -0.05) is 24.3 Å². The Morgan fingerprint density at radius 2 is 2.25 bits per heavy atom. The van der Waals surface area contributed by atoms with Gasteiger partial charge in [-0.25, -0.2) is 0 Å². The summed E-state index contributed by atoms with van der Waals surface area (Å²) < 4.78 is 0. The number of rotatable bonds is 0. The zero-order valence-electron chi connectivity index (χ0n) is 11.3. The van der Waals surface area contributed by atoms with E-state index in [1.54, 1.807) is 0 Å². The molecule has 0 saturated carbocycles. The lowest BCUT2D eigenvalue weighted by Crippen LogP contribution is -2.44. The van der Waals surface area contributed by atoms with Crippen LogP contribution < -0.4 is 10.6 Å². The summed E-state index contributed by atoms with van der Waals surface area (Å²) in [5.74, 6) is 0.501. The van der Waals surface area contributed by atoms with Gasteiger partial charge in [0.1, 0.15) is 0 Å². The van der Waals surface area contributed by atoms with Crippen molar-refractivity contribution in [3.05, 3.63) is 64.0 Å². The number of benzene rings is 1. The molecule has 0 aromatic heterocycles. The van der Waals surface area contributed by atoms with Crippen molar-refractivity contribution >= 4 is 11.8 Å². The fraction of sp³-hybridized carbons (Fsp3) is 0.278. The largest absolute Gasteiger partial charge is 0.340 e. The van der Waals surface area contributed by atoms with Gasteiger partial charge in [0.05, 0.1) is 5.36 Å². The van der Waals surface area contributed by atoms with Crippen LogP contribution in [-0.4, -0.2) is 11.4 Å². The van der Waals surface area contributed by atoms with Gasteiger partial charge in [-0.2, -0.15) is 0 Å². The Morgan fingerprint density at radius 1 is 1.25 bits per heavy atom. The summed E-state index contributed by atoms with van der Waals surface area (Å²) in [6, 6.07) is 6.51. The van der Waals surface area contributed by atoms with Crippen molar-refractivity contribution in [1.29, 1.82) is 0 Å². The van der Waals surface area contributed by atoms with Crippen molar-refractivity contribution < 1.29 is 0 Å². The van der Waals surface area contributed by atoms with Crippen LogP contribution in [0.2, 0.25) is 0 Å². The molecule has 4 aliphatic rings. The highest BCUT2D eigenvalue weighted by molar-refractivity contribution is 5.71. The van der Waals surface area contributed by atoms with Crippen molar-refractivity contribution in [3.8, 4) is 0 Å². The highest BCUT2D eigenvalue weighted by atomic mass is 15.2. The van der Waals surface area contributed by atoms with Gasteiger partial charge in [0.25, 0.3) is 0 Å². The summed E-state index contributed by atoms with van der Waals surface area (Å²) in [5, 5.41) is 2.54. The second-order valence-corrected chi connectivity index (χ2v) is 5.93. The molecule has 98 valence electrons. The molecule has 5 rings (SSSR count). The molecule has 20 heavy (non-hydrogen) atoms. The Hall–Kier alpha value is -2.09. The van der Waals surface area contributed by atoms with Gasteiger partial charge in [-0.15, -0.1) is 0 Å². The molecule has 1 atom stereocenters. The molecule has 0 fully saturated rings. The molecule has 2 nitrogen and oxygen atoms in total. The lowest BCUT2D eigenvalue weighted by molar-refractivity contribution is 0.475. The van der Waals surface area contributed by atoms with E-state index >= 15 is 0 Å². The Balaban J connectivity index is 1.91. The van der Waals surface area contributed by atoms with E-state index in [0.717, 1.165) is 11.9 Å². The van der Waals surface area contributed by atoms with E-state index in [2.05, 4.69) is 47.4 Å². The standard InChI is InChI=1S/C18H16N2/c1-2-8-15-14(7-1)18-17-12(5-3-9-16(17)19-15)11-13-6-4-10-20(13)18/h3-6,8-9,11,14H,1-2,7,10H2. The molecule has 3 heterocycles. The maximum absolute atomic E-state index is 4.94. The van der Waals surface area contributed by atoms with Gasteiger partial charge in [0.2, 0.25) is 0 Å². The molecule has 1 aromatic rings. The lowest BCUT2D eigenvalue weighted by Gasteiger charge is -2.36. The minimum Gasteiger partial charge on any atom is -0.340 e. The number of hydrogen-bond acceptors (Lipinski definition) is 2. The Bertz CT molecular complexity index is 823. The van der Waals surface area contributed by atoms with Crippen LogP contribution in [-0.2, 0) is 0 Å². The van der Waals surface area contributed by atoms with Crippen LogP contribution in [0.25, 0.3) is 11.8 Å². The second-order valence-electron chi connectivity index (χ2n) is 5.93. The Kier molecular flexibility index (Phi) is 1.99. The van der Waals surface area contributed by atoms with E-state index in [9.17, 15) is 0 Å². The molecule has 0 radical (unpaired) electrons. The monoisotopic (exact) mass is 260 g/mol. The summed E-state index contributed by atoms with van der Waals surface area (Å²) >= 11 is 0. The molecule has 0 amide bonds. The van der Waals surface area contributed by atoms with Gasteiger partial charge in [-0.05, 0) is 43.0 Å². The highest BCUT2D eigenvalue weighted by Gasteiger charge is 2.33. The lowest BCUT2D eigenvalue weighted by atomic mass is 9.84. The number of fused-ring (bicyclic) bond motifs is 4. The summed E-state index contributed by atoms with van der Waals surface area (Å²) in [4.78, 5) is 7.43. The molecule has 1 aromatic carbocycles. The van der Waals surface area contributed by atoms with Crippen LogP contribution in [0.5, 0.6) is 0 Å². The first-order valence-corrected chi connectivity index (χ1v) is 7.49. The molecule has 0 spiro atoms. The predicted octanol–water partition coefficient (Wildman–Crippen LogP) is 2.34. The zero-order chi connectivity index (χ0) is 13.1. The molecule has 0 bridgehead atoms. The van der Waals surface area contributed by atoms with Crippen molar-refractivity contribution in [2.75, 3.05) is 6.54 Å². The van der Waals surface area contributed by atoms with Crippen LogP contribution in [0.3, 0.4) is 0 Å². The minimum atomic E-state index is 0.501. The molecule has 1 aliphatic carbocycles. The molecular formula is C18H16N2. The first-order valence-electron chi connectivity index (χ1n) is 7.49. The van der Waals surface area contributed by atoms with E-state index in [0.29, 0.717) is 5.92 Å². The van der Waals surface area contributed by atoms with E-state index in [1.165, 1.54) is 47.1 Å². The number of hydrogen-bond donors (Lipinski definition) is 0. The van der Waals surface area contributed by atoms with E-state index in [1.807, 2.05) is 0 Å². The predicted molar refractivity (Wildman–Crippen MR) is 79.9 cm³/mol. The quantitative estimate of drug-likeness (QED) is 0.699. The van der Waals surface area contributed by atoms with E-state index in [-0.39, 0.29) is 0 Å². The highest BCUT2D eigenvalue weighted by Crippen LogP contribution is 2.39. The van der Waals surface area contributed by atoms with Crippen LogP contribution in [0, 0.1) is 5.92 Å². The number of nitrogens with zero attached hydrogens (tertiary/aromatic N) is 2. The number of allylic oxidation sites excluding steroid dienone is 2. The first-order chi connectivity index (χ1) is 9.92. The average Bonchev–Trinajstić information content (AvgIpc) is 2.95. The van der Waals surface area contributed by atoms with Gasteiger partial charge < -0.3 is 4.90 Å². The molecule has 3 aliphatic heterocycles. The molecular weight excluding hydrogens is 244 g/mol. The first kappa shape index (κ1) is 10.7. The van der Waals surface area contributed by atoms with Crippen LogP contribution in [0.15, 0.2) is 52.8 Å². The molecule has 0 saturated heterocycles. The maximum atomic E-state index is 4.94. The van der Waals surface area contributed by atoms with Crippen molar-refractivity contribution in [3.63, 3.8) is 0 Å². The minimum absolute atomic E-state index is 0.501. The van der Waals surface area contributed by atoms with Crippen molar-refractivity contribution in [1.82, 2.24) is 4.90 Å². The van der Waals surface area contributed by atoms with Crippen LogP contribution in [0.4, 0.5) is 0 Å². The topological polar surface area (TPSA) is 15.6 Å². The normalized spacial score (nSPS) is 25.3. The fourth-order valence-electron chi connectivity index (χ4n) is 3.95. The third-order valence-electron chi connectivity index (χ3n) is 4.80. The van der Waals surface area contributed by atoms with Gasteiger partial charge in [0, 0.05) is 34.8 Å².